The molecule has 0 aliphatic carbocycles. The average molecular weight is 305 g/mol. The fraction of sp³-hybridized carbons (Fsp3) is 0.231. The van der Waals surface area contributed by atoms with Crippen LogP contribution in [-0.4, -0.2) is 35.1 Å². The van der Waals surface area contributed by atoms with Crippen molar-refractivity contribution in [3.05, 3.63) is 29.6 Å². The Kier molecular flexibility index (Phi) is 4.57. The average Bonchev–Trinajstić information content (AvgIpc) is 2.51. The van der Waals surface area contributed by atoms with Crippen molar-refractivity contribution in [2.75, 3.05) is 25.7 Å². The molecule has 2 aromatic rings. The molecule has 1 heterocycles. The van der Waals surface area contributed by atoms with Gasteiger partial charge in [0.25, 0.3) is 0 Å². The zero-order valence-corrected chi connectivity index (χ0v) is 12.1. The molecule has 1 aromatic heterocycles. The highest BCUT2D eigenvalue weighted by Gasteiger charge is 2.13. The minimum Gasteiger partial charge on any atom is -0.493 e. The van der Waals surface area contributed by atoms with Crippen LogP contribution in [0.1, 0.15) is 16.2 Å². The largest absolute Gasteiger partial charge is 0.493 e. The van der Waals surface area contributed by atoms with Gasteiger partial charge in [-0.25, -0.2) is 4.79 Å². The van der Waals surface area contributed by atoms with Gasteiger partial charge >= 0.3 is 5.97 Å². The van der Waals surface area contributed by atoms with Crippen LogP contribution >= 0.6 is 0 Å². The van der Waals surface area contributed by atoms with Gasteiger partial charge in [0.1, 0.15) is 0 Å². The summed E-state index contributed by atoms with van der Waals surface area (Å²) in [5.41, 5.74) is 11.2. The van der Waals surface area contributed by atoms with Crippen LogP contribution in [0.15, 0.2) is 18.2 Å². The fourth-order valence-corrected chi connectivity index (χ4v) is 1.70. The Morgan fingerprint density at radius 3 is 2.27 bits per heavy atom. The first kappa shape index (κ1) is 15.3. The molecule has 0 spiro atoms. The molecule has 9 heteroatoms. The van der Waals surface area contributed by atoms with E-state index in [1.54, 1.807) is 12.1 Å². The van der Waals surface area contributed by atoms with E-state index >= 15 is 0 Å². The smallest absolute Gasteiger partial charge is 0.338 e. The molecule has 0 amide bonds. The lowest BCUT2D eigenvalue weighted by atomic mass is 10.2. The van der Waals surface area contributed by atoms with Crippen LogP contribution in [0.4, 0.5) is 11.9 Å². The van der Waals surface area contributed by atoms with E-state index in [1.165, 1.54) is 20.3 Å². The molecular weight excluding hydrogens is 290 g/mol. The number of aromatic nitrogens is 3. The van der Waals surface area contributed by atoms with E-state index in [2.05, 4.69) is 15.0 Å². The number of carbonyl (C=O) groups excluding carboxylic acids is 1. The van der Waals surface area contributed by atoms with Gasteiger partial charge in [-0.05, 0) is 18.2 Å². The van der Waals surface area contributed by atoms with E-state index in [0.717, 1.165) is 0 Å². The molecule has 4 N–H and O–H groups in total. The fourth-order valence-electron chi connectivity index (χ4n) is 1.70. The van der Waals surface area contributed by atoms with Crippen molar-refractivity contribution < 1.29 is 19.0 Å². The van der Waals surface area contributed by atoms with Gasteiger partial charge in [0.05, 0.1) is 19.8 Å². The van der Waals surface area contributed by atoms with Crippen molar-refractivity contribution in [3.63, 3.8) is 0 Å². The Bertz CT molecular complexity index is 672. The monoisotopic (exact) mass is 305 g/mol. The number of anilines is 2. The van der Waals surface area contributed by atoms with E-state index in [1.807, 2.05) is 0 Å². The van der Waals surface area contributed by atoms with Crippen molar-refractivity contribution >= 4 is 17.9 Å². The number of esters is 1. The lowest BCUT2D eigenvalue weighted by Gasteiger charge is -2.09. The summed E-state index contributed by atoms with van der Waals surface area (Å²) in [6.45, 7) is -0.176. The van der Waals surface area contributed by atoms with Crippen LogP contribution in [0.2, 0.25) is 0 Å². The molecule has 0 bridgehead atoms. The Labute approximate surface area is 126 Å². The van der Waals surface area contributed by atoms with E-state index < -0.39 is 5.97 Å². The summed E-state index contributed by atoms with van der Waals surface area (Å²) < 4.78 is 15.3. The zero-order valence-electron chi connectivity index (χ0n) is 12.1. The van der Waals surface area contributed by atoms with E-state index in [-0.39, 0.29) is 24.3 Å². The van der Waals surface area contributed by atoms with Gasteiger partial charge in [0.15, 0.2) is 23.9 Å². The van der Waals surface area contributed by atoms with Crippen LogP contribution in [0.25, 0.3) is 0 Å². The third kappa shape index (κ3) is 3.51. The molecule has 2 rings (SSSR count). The minimum absolute atomic E-state index is 0.0373. The molecule has 0 atom stereocenters. The minimum atomic E-state index is -0.571. The van der Waals surface area contributed by atoms with Crippen molar-refractivity contribution in [2.24, 2.45) is 0 Å². The molecular formula is C13H15N5O4. The standard InChI is InChI=1S/C13H15N5O4/c1-20-8-4-3-7(5-9(8)21-2)11(19)22-6-10-16-12(14)18-13(15)17-10/h3-5H,6H2,1-2H3,(H4,14,15,16,17,18). The highest BCUT2D eigenvalue weighted by atomic mass is 16.5. The van der Waals surface area contributed by atoms with E-state index in [0.29, 0.717) is 17.1 Å². The number of nitrogens with zero attached hydrogens (tertiary/aromatic N) is 3. The molecule has 0 aliphatic rings. The van der Waals surface area contributed by atoms with Gasteiger partial charge in [-0.3, -0.25) is 0 Å². The SMILES string of the molecule is COc1ccc(C(=O)OCc2nc(N)nc(N)n2)cc1OC. The second kappa shape index (κ2) is 6.57. The number of rotatable bonds is 5. The first-order valence-corrected chi connectivity index (χ1v) is 6.18. The first-order chi connectivity index (χ1) is 10.5. The molecule has 0 radical (unpaired) electrons. The third-order valence-electron chi connectivity index (χ3n) is 2.67. The number of hydrogen-bond donors (Lipinski definition) is 2. The predicted molar refractivity (Wildman–Crippen MR) is 77.3 cm³/mol. The summed E-state index contributed by atoms with van der Waals surface area (Å²) in [6.07, 6.45) is 0. The van der Waals surface area contributed by atoms with Crippen LogP contribution in [-0.2, 0) is 11.3 Å². The molecule has 1 aromatic carbocycles. The highest BCUT2D eigenvalue weighted by Crippen LogP contribution is 2.27. The summed E-state index contributed by atoms with van der Waals surface area (Å²) in [7, 11) is 2.98. The number of carbonyl (C=O) groups is 1. The second-order valence-corrected chi connectivity index (χ2v) is 4.11. The van der Waals surface area contributed by atoms with Gasteiger partial charge in [0.2, 0.25) is 11.9 Å². The Hall–Kier alpha value is -3.10. The predicted octanol–water partition coefficient (Wildman–Crippen LogP) is 0.410. The van der Waals surface area contributed by atoms with Gasteiger partial charge in [-0.1, -0.05) is 0 Å². The summed E-state index contributed by atoms with van der Waals surface area (Å²) in [6, 6.07) is 4.67. The molecule has 0 fully saturated rings. The summed E-state index contributed by atoms with van der Waals surface area (Å²) in [4.78, 5) is 23.3. The van der Waals surface area contributed by atoms with Gasteiger partial charge in [0, 0.05) is 0 Å². The molecule has 116 valence electrons. The first-order valence-electron chi connectivity index (χ1n) is 6.18. The molecule has 22 heavy (non-hydrogen) atoms. The number of benzene rings is 1. The molecule has 0 unspecified atom stereocenters. The lowest BCUT2D eigenvalue weighted by molar-refractivity contribution is 0.0461. The summed E-state index contributed by atoms with van der Waals surface area (Å²) in [5, 5.41) is 0. The maximum atomic E-state index is 12.0. The summed E-state index contributed by atoms with van der Waals surface area (Å²) in [5.74, 6) is 0.453. The van der Waals surface area contributed by atoms with E-state index in [4.69, 9.17) is 25.7 Å². The number of ether oxygens (including phenoxy) is 3. The summed E-state index contributed by atoms with van der Waals surface area (Å²) >= 11 is 0. The van der Waals surface area contributed by atoms with Crippen molar-refractivity contribution in [3.8, 4) is 11.5 Å². The van der Waals surface area contributed by atoms with Crippen LogP contribution in [0.3, 0.4) is 0 Å². The van der Waals surface area contributed by atoms with Crippen molar-refractivity contribution in [2.45, 2.75) is 6.61 Å². The Morgan fingerprint density at radius 2 is 1.68 bits per heavy atom. The third-order valence-corrected chi connectivity index (χ3v) is 2.67. The highest BCUT2D eigenvalue weighted by molar-refractivity contribution is 5.90. The van der Waals surface area contributed by atoms with Gasteiger partial charge in [-0.2, -0.15) is 15.0 Å². The quantitative estimate of drug-likeness (QED) is 0.752. The van der Waals surface area contributed by atoms with Crippen LogP contribution in [0.5, 0.6) is 11.5 Å². The Morgan fingerprint density at radius 1 is 1.05 bits per heavy atom. The Balaban J connectivity index is 2.09. The molecule has 0 saturated carbocycles. The molecule has 0 saturated heterocycles. The number of hydrogen-bond acceptors (Lipinski definition) is 9. The zero-order chi connectivity index (χ0) is 16.1. The van der Waals surface area contributed by atoms with Crippen molar-refractivity contribution in [1.29, 1.82) is 0 Å². The van der Waals surface area contributed by atoms with E-state index in [9.17, 15) is 4.79 Å². The lowest BCUT2D eigenvalue weighted by Crippen LogP contribution is -2.11. The maximum Gasteiger partial charge on any atom is 0.338 e. The number of nitrogen functional groups attached to an aromatic ring is 2. The maximum absolute atomic E-state index is 12.0. The number of nitrogens with two attached hydrogens (primary N) is 2. The number of methoxy groups -OCH3 is 2. The van der Waals surface area contributed by atoms with Gasteiger partial charge in [-0.15, -0.1) is 0 Å². The molecule has 9 nitrogen and oxygen atoms in total. The normalized spacial score (nSPS) is 10.1. The molecule has 0 aliphatic heterocycles. The van der Waals surface area contributed by atoms with Crippen LogP contribution in [0, 0.1) is 0 Å². The van der Waals surface area contributed by atoms with Gasteiger partial charge < -0.3 is 25.7 Å². The second-order valence-electron chi connectivity index (χ2n) is 4.11. The van der Waals surface area contributed by atoms with Crippen LogP contribution < -0.4 is 20.9 Å². The van der Waals surface area contributed by atoms with Crippen molar-refractivity contribution in [1.82, 2.24) is 15.0 Å². The topological polar surface area (TPSA) is 135 Å².